The summed E-state index contributed by atoms with van der Waals surface area (Å²) >= 11 is 0. The normalized spacial score (nSPS) is 29.3. The molecule has 0 unspecified atom stereocenters. The molecule has 3 aliphatic rings. The summed E-state index contributed by atoms with van der Waals surface area (Å²) < 4.78 is 29.1. The zero-order valence-corrected chi connectivity index (χ0v) is 16.7. The Labute approximate surface area is 159 Å². The standard InChI is InChI=1S/C21H24N2O3S/c1-20(2)9-13-10-21(3,11-20)12-23(13)27(25,26)17-8-7-16-18-14(17)5-4-6-15(18)19(24)22-16/h4-8,13H,9-12H2,1-3H3,(H,22,24)/t13-,21+/m1/s1. The Morgan fingerprint density at radius 2 is 1.89 bits per heavy atom. The minimum absolute atomic E-state index is 0.0336. The molecule has 27 heavy (non-hydrogen) atoms. The molecule has 5 nitrogen and oxygen atoms in total. The van der Waals surface area contributed by atoms with Crippen molar-refractivity contribution in [3.63, 3.8) is 0 Å². The van der Waals surface area contributed by atoms with Crippen LogP contribution in [-0.4, -0.2) is 31.2 Å². The maximum atomic E-state index is 13.7. The van der Waals surface area contributed by atoms with E-state index in [0.717, 1.165) is 24.6 Å². The Kier molecular flexibility index (Phi) is 3.26. The molecule has 0 spiro atoms. The highest BCUT2D eigenvalue weighted by Gasteiger charge is 2.53. The molecule has 2 aliphatic heterocycles. The fraction of sp³-hybridized carbons (Fsp3) is 0.476. The lowest BCUT2D eigenvalue weighted by molar-refractivity contribution is 0.103. The molecule has 0 radical (unpaired) electrons. The molecule has 2 atom stereocenters. The van der Waals surface area contributed by atoms with E-state index in [4.69, 9.17) is 0 Å². The van der Waals surface area contributed by atoms with Crippen molar-refractivity contribution in [2.75, 3.05) is 11.9 Å². The number of carbonyl (C=O) groups is 1. The molecule has 1 N–H and O–H groups in total. The van der Waals surface area contributed by atoms with E-state index in [-0.39, 0.29) is 22.8 Å². The maximum absolute atomic E-state index is 13.7. The summed E-state index contributed by atoms with van der Waals surface area (Å²) in [6.45, 7) is 7.27. The lowest BCUT2D eigenvalue weighted by Gasteiger charge is -2.39. The van der Waals surface area contributed by atoms with Gasteiger partial charge in [0.05, 0.1) is 4.90 Å². The fourth-order valence-corrected chi connectivity index (χ4v) is 7.87. The first-order valence-electron chi connectivity index (χ1n) is 9.49. The molecule has 1 aliphatic carbocycles. The molecular weight excluding hydrogens is 360 g/mol. The summed E-state index contributed by atoms with van der Waals surface area (Å²) in [4.78, 5) is 12.5. The minimum Gasteiger partial charge on any atom is -0.321 e. The highest BCUT2D eigenvalue weighted by molar-refractivity contribution is 7.89. The number of sulfonamides is 1. The molecule has 2 fully saturated rings. The van der Waals surface area contributed by atoms with Crippen molar-refractivity contribution >= 4 is 32.4 Å². The first-order chi connectivity index (χ1) is 12.6. The summed E-state index contributed by atoms with van der Waals surface area (Å²) in [5.74, 6) is -0.170. The van der Waals surface area contributed by atoms with Gasteiger partial charge in [-0.05, 0) is 48.3 Å². The van der Waals surface area contributed by atoms with E-state index in [9.17, 15) is 13.2 Å². The Morgan fingerprint density at radius 1 is 1.11 bits per heavy atom. The van der Waals surface area contributed by atoms with Gasteiger partial charge in [-0.25, -0.2) is 8.42 Å². The van der Waals surface area contributed by atoms with Crippen LogP contribution in [0, 0.1) is 10.8 Å². The van der Waals surface area contributed by atoms with Gasteiger partial charge >= 0.3 is 0 Å². The van der Waals surface area contributed by atoms with Crippen molar-refractivity contribution in [1.82, 2.24) is 4.31 Å². The number of benzene rings is 2. The van der Waals surface area contributed by atoms with E-state index in [2.05, 4.69) is 26.1 Å². The lowest BCUT2D eigenvalue weighted by Crippen LogP contribution is -2.37. The van der Waals surface area contributed by atoms with Gasteiger partial charge < -0.3 is 5.32 Å². The second-order valence-corrected chi connectivity index (χ2v) is 11.4. The largest absolute Gasteiger partial charge is 0.321 e. The van der Waals surface area contributed by atoms with E-state index >= 15 is 0 Å². The maximum Gasteiger partial charge on any atom is 0.256 e. The van der Waals surface area contributed by atoms with Gasteiger partial charge in [0.2, 0.25) is 10.0 Å². The number of nitrogens with zero attached hydrogens (tertiary/aromatic N) is 1. The topological polar surface area (TPSA) is 66.5 Å². The number of fused-ring (bicyclic) bond motifs is 2. The molecule has 1 saturated heterocycles. The molecule has 0 aromatic heterocycles. The van der Waals surface area contributed by atoms with E-state index < -0.39 is 10.0 Å². The number of rotatable bonds is 2. The zero-order chi connectivity index (χ0) is 19.2. The third-order valence-electron chi connectivity index (χ3n) is 6.45. The van der Waals surface area contributed by atoms with Crippen LogP contribution in [0.2, 0.25) is 0 Å². The molecule has 142 valence electrons. The van der Waals surface area contributed by atoms with Crippen molar-refractivity contribution in [3.05, 3.63) is 35.9 Å². The van der Waals surface area contributed by atoms with Crippen LogP contribution < -0.4 is 5.32 Å². The average Bonchev–Trinajstić information content (AvgIpc) is 3.02. The van der Waals surface area contributed by atoms with Gasteiger partial charge in [0.1, 0.15) is 0 Å². The summed E-state index contributed by atoms with van der Waals surface area (Å²) in [7, 11) is -3.64. The van der Waals surface area contributed by atoms with Gasteiger partial charge in [0.25, 0.3) is 5.91 Å². The first kappa shape index (κ1) is 17.2. The Morgan fingerprint density at radius 3 is 2.67 bits per heavy atom. The molecule has 2 aromatic carbocycles. The predicted octanol–water partition coefficient (Wildman–Crippen LogP) is 3.99. The van der Waals surface area contributed by atoms with E-state index in [1.807, 2.05) is 6.07 Å². The first-order valence-corrected chi connectivity index (χ1v) is 10.9. The van der Waals surface area contributed by atoms with E-state index in [1.165, 1.54) is 0 Å². The van der Waals surface area contributed by atoms with Gasteiger partial charge in [0.15, 0.2) is 0 Å². The highest BCUT2D eigenvalue weighted by atomic mass is 32.2. The van der Waals surface area contributed by atoms with Gasteiger partial charge in [0, 0.05) is 34.6 Å². The molecule has 2 heterocycles. The van der Waals surface area contributed by atoms with Gasteiger partial charge in [-0.3, -0.25) is 4.79 Å². The molecule has 1 saturated carbocycles. The Balaban J connectivity index is 1.66. The summed E-state index contributed by atoms with van der Waals surface area (Å²) in [5.41, 5.74) is 1.43. The van der Waals surface area contributed by atoms with E-state index in [1.54, 1.807) is 28.6 Å². The number of hydrogen-bond donors (Lipinski definition) is 1. The number of nitrogens with one attached hydrogen (secondary N) is 1. The lowest BCUT2D eigenvalue weighted by atomic mass is 9.65. The van der Waals surface area contributed by atoms with Gasteiger partial charge in [-0.15, -0.1) is 0 Å². The molecular formula is C21H24N2O3S. The van der Waals surface area contributed by atoms with Crippen molar-refractivity contribution in [1.29, 1.82) is 0 Å². The molecule has 2 bridgehead atoms. The van der Waals surface area contributed by atoms with Crippen molar-refractivity contribution in [2.45, 2.75) is 51.0 Å². The molecule has 2 aromatic rings. The quantitative estimate of drug-likeness (QED) is 0.851. The van der Waals surface area contributed by atoms with Gasteiger partial charge in [-0.2, -0.15) is 4.31 Å². The van der Waals surface area contributed by atoms with Crippen molar-refractivity contribution in [3.8, 4) is 0 Å². The van der Waals surface area contributed by atoms with Crippen LogP contribution in [0.25, 0.3) is 10.8 Å². The summed E-state index contributed by atoms with van der Waals surface area (Å²) in [5, 5.41) is 4.18. The van der Waals surface area contributed by atoms with Crippen LogP contribution in [0.4, 0.5) is 5.69 Å². The van der Waals surface area contributed by atoms with Crippen LogP contribution in [-0.2, 0) is 10.0 Å². The Bertz CT molecular complexity index is 1110. The van der Waals surface area contributed by atoms with Gasteiger partial charge in [-0.1, -0.05) is 32.9 Å². The molecule has 1 amide bonds. The smallest absolute Gasteiger partial charge is 0.256 e. The summed E-state index contributed by atoms with van der Waals surface area (Å²) in [6, 6.07) is 8.74. The molecule has 5 rings (SSSR count). The predicted molar refractivity (Wildman–Crippen MR) is 105 cm³/mol. The fourth-order valence-electron chi connectivity index (χ4n) is 5.90. The highest BCUT2D eigenvalue weighted by Crippen LogP contribution is 2.54. The van der Waals surface area contributed by atoms with Crippen LogP contribution in [0.3, 0.4) is 0 Å². The minimum atomic E-state index is -3.64. The second kappa shape index (κ2) is 5.11. The Hall–Kier alpha value is -1.92. The zero-order valence-electron chi connectivity index (χ0n) is 15.9. The second-order valence-electron chi connectivity index (χ2n) is 9.56. The summed E-state index contributed by atoms with van der Waals surface area (Å²) in [6.07, 6.45) is 2.87. The third kappa shape index (κ3) is 2.39. The van der Waals surface area contributed by atoms with Crippen LogP contribution in [0.1, 0.15) is 50.4 Å². The number of anilines is 1. The SMILES string of the molecule is CC1(C)C[C@@H]2C[C@](C)(CN2S(=O)(=O)c2ccc3c4c(cccc24)C(=O)N3)C1. The number of amides is 1. The average molecular weight is 385 g/mol. The van der Waals surface area contributed by atoms with E-state index in [0.29, 0.717) is 28.1 Å². The van der Waals surface area contributed by atoms with Crippen LogP contribution in [0.15, 0.2) is 35.2 Å². The van der Waals surface area contributed by atoms with Crippen LogP contribution in [0.5, 0.6) is 0 Å². The molecule has 6 heteroatoms. The third-order valence-corrected chi connectivity index (χ3v) is 8.40. The number of hydrogen-bond acceptors (Lipinski definition) is 3. The number of carbonyl (C=O) groups excluding carboxylic acids is 1. The van der Waals surface area contributed by atoms with Crippen molar-refractivity contribution < 1.29 is 13.2 Å². The van der Waals surface area contributed by atoms with Crippen molar-refractivity contribution in [2.24, 2.45) is 10.8 Å². The monoisotopic (exact) mass is 384 g/mol. The van der Waals surface area contributed by atoms with Crippen LogP contribution >= 0.6 is 0 Å².